The molecule has 2 amide bonds. The number of hydrogen-bond acceptors (Lipinski definition) is 4. The Morgan fingerprint density at radius 3 is 2.44 bits per heavy atom. The highest BCUT2D eigenvalue weighted by Gasteiger charge is 2.26. The number of nitrogens with zero attached hydrogens (tertiary/aromatic N) is 2. The van der Waals surface area contributed by atoms with Gasteiger partial charge >= 0.3 is 6.09 Å². The summed E-state index contributed by atoms with van der Waals surface area (Å²) in [5, 5.41) is 14.8. The first-order valence-corrected chi connectivity index (χ1v) is 12.6. The zero-order valence-corrected chi connectivity index (χ0v) is 19.9. The second-order valence-corrected chi connectivity index (χ2v) is 10.5. The van der Waals surface area contributed by atoms with Crippen LogP contribution in [0.1, 0.15) is 37.8 Å². The molecule has 0 saturated carbocycles. The molecule has 1 fully saturated rings. The van der Waals surface area contributed by atoms with E-state index >= 15 is 0 Å². The van der Waals surface area contributed by atoms with Crippen molar-refractivity contribution < 1.29 is 23.1 Å². The molecule has 34 heavy (non-hydrogen) atoms. The molecule has 0 aliphatic carbocycles. The Balaban J connectivity index is 1.56. The lowest BCUT2D eigenvalue weighted by Gasteiger charge is -2.26. The maximum Gasteiger partial charge on any atom is 0.409 e. The Hall–Kier alpha value is -3.37. The van der Waals surface area contributed by atoms with Crippen molar-refractivity contribution in [2.24, 2.45) is 0 Å². The second-order valence-electron chi connectivity index (χ2n) is 8.53. The van der Waals surface area contributed by atoms with Crippen LogP contribution >= 0.6 is 0 Å². The third-order valence-corrected chi connectivity index (χ3v) is 8.08. The molecule has 4 rings (SSSR count). The van der Waals surface area contributed by atoms with E-state index in [-0.39, 0.29) is 10.8 Å². The summed E-state index contributed by atoms with van der Waals surface area (Å²) < 4.78 is 29.4. The highest BCUT2D eigenvalue weighted by Crippen LogP contribution is 2.28. The van der Waals surface area contributed by atoms with E-state index in [2.05, 4.69) is 10.6 Å². The molecule has 2 heterocycles. The van der Waals surface area contributed by atoms with Crippen LogP contribution in [0, 0.1) is 6.92 Å². The zero-order chi connectivity index (χ0) is 24.5. The molecule has 0 spiro atoms. The fraction of sp³-hybridized carbons (Fsp3) is 0.333. The van der Waals surface area contributed by atoms with Crippen molar-refractivity contribution in [1.82, 2.24) is 8.87 Å². The largest absolute Gasteiger partial charge is 0.465 e. The summed E-state index contributed by atoms with van der Waals surface area (Å²) in [6, 6.07) is 11.1. The summed E-state index contributed by atoms with van der Waals surface area (Å²) in [7, 11) is -3.54. The van der Waals surface area contributed by atoms with Crippen LogP contribution in [0.15, 0.2) is 53.6 Å². The van der Waals surface area contributed by atoms with Crippen LogP contribution in [0.3, 0.4) is 0 Å². The third kappa shape index (κ3) is 4.78. The predicted molar refractivity (Wildman–Crippen MR) is 131 cm³/mol. The van der Waals surface area contributed by atoms with Crippen LogP contribution in [0.5, 0.6) is 0 Å². The van der Waals surface area contributed by atoms with Crippen molar-refractivity contribution in [3.05, 3.63) is 54.2 Å². The summed E-state index contributed by atoms with van der Waals surface area (Å²) in [6.45, 7) is 4.66. The van der Waals surface area contributed by atoms with Gasteiger partial charge in [-0.15, -0.1) is 0 Å². The molecular weight excluding hydrogens is 456 g/mol. The molecule has 180 valence electrons. The number of carbonyl (C=O) groups excluding carboxylic acids is 1. The molecule has 9 nitrogen and oxygen atoms in total. The van der Waals surface area contributed by atoms with E-state index < -0.39 is 22.2 Å². The fourth-order valence-electron chi connectivity index (χ4n) is 4.22. The molecule has 2 aromatic carbocycles. The first kappa shape index (κ1) is 23.8. The number of sulfonamides is 1. The molecule has 10 heteroatoms. The van der Waals surface area contributed by atoms with Gasteiger partial charge in [0, 0.05) is 41.6 Å². The number of anilines is 2. The van der Waals surface area contributed by atoms with Crippen molar-refractivity contribution in [2.45, 2.75) is 44.0 Å². The van der Waals surface area contributed by atoms with Gasteiger partial charge in [0.15, 0.2) is 0 Å². The standard InChI is InChI=1S/C24H28N4O5S/c1-16-6-7-19(25-24(30)31)15-21(16)26-23(29)17(2)28-13-10-18-14-20(8-9-22(18)28)34(32,33)27-11-4-3-5-12-27/h6-10,13-15,17,25H,3-5,11-12H2,1-2H3,(H,26,29)(H,30,31). The summed E-state index contributed by atoms with van der Waals surface area (Å²) in [5.41, 5.74) is 2.41. The molecule has 3 N–H and O–H groups in total. The number of hydrogen-bond donors (Lipinski definition) is 3. The maximum absolute atomic E-state index is 13.0. The van der Waals surface area contributed by atoms with Crippen molar-refractivity contribution in [1.29, 1.82) is 0 Å². The number of nitrogens with one attached hydrogen (secondary N) is 2. The van der Waals surface area contributed by atoms with Gasteiger partial charge in [0.2, 0.25) is 15.9 Å². The first-order valence-electron chi connectivity index (χ1n) is 11.2. The van der Waals surface area contributed by atoms with Crippen molar-refractivity contribution in [2.75, 3.05) is 23.7 Å². The quantitative estimate of drug-likeness (QED) is 0.478. The number of rotatable bonds is 6. The SMILES string of the molecule is Cc1ccc(NC(=O)O)cc1NC(=O)C(C)n1ccc2cc(S(=O)(=O)N3CCCCC3)ccc21. The lowest BCUT2D eigenvalue weighted by atomic mass is 10.1. The van der Waals surface area contributed by atoms with Gasteiger partial charge in [-0.05, 0) is 68.7 Å². The Kier molecular flexibility index (Phi) is 6.63. The number of carbonyl (C=O) groups is 2. The summed E-state index contributed by atoms with van der Waals surface area (Å²) in [6.07, 6.45) is 3.38. The van der Waals surface area contributed by atoms with Crippen LogP contribution < -0.4 is 10.6 Å². The Labute approximate surface area is 198 Å². The monoisotopic (exact) mass is 484 g/mol. The van der Waals surface area contributed by atoms with Crippen molar-refractivity contribution in [3.63, 3.8) is 0 Å². The molecule has 1 atom stereocenters. The number of piperidine rings is 1. The average Bonchev–Trinajstić information content (AvgIpc) is 3.24. The number of carboxylic acid groups (broad SMARTS) is 1. The van der Waals surface area contributed by atoms with E-state index in [9.17, 15) is 18.0 Å². The van der Waals surface area contributed by atoms with E-state index in [4.69, 9.17) is 5.11 Å². The van der Waals surface area contributed by atoms with E-state index in [0.29, 0.717) is 24.5 Å². The molecule has 3 aromatic rings. The Bertz CT molecular complexity index is 1340. The lowest BCUT2D eigenvalue weighted by molar-refractivity contribution is -0.118. The average molecular weight is 485 g/mol. The number of aromatic nitrogens is 1. The van der Waals surface area contributed by atoms with E-state index in [0.717, 1.165) is 35.7 Å². The highest BCUT2D eigenvalue weighted by molar-refractivity contribution is 7.89. The van der Waals surface area contributed by atoms with Gasteiger partial charge in [0.1, 0.15) is 6.04 Å². The van der Waals surface area contributed by atoms with Gasteiger partial charge in [-0.1, -0.05) is 12.5 Å². The number of aryl methyl sites for hydroxylation is 1. The number of amides is 2. The van der Waals surface area contributed by atoms with Gasteiger partial charge in [-0.25, -0.2) is 13.2 Å². The lowest BCUT2D eigenvalue weighted by Crippen LogP contribution is -2.35. The minimum absolute atomic E-state index is 0.259. The van der Waals surface area contributed by atoms with E-state index in [1.807, 2.05) is 6.92 Å². The molecule has 0 bridgehead atoms. The topological polar surface area (TPSA) is 121 Å². The van der Waals surface area contributed by atoms with Gasteiger partial charge in [0.05, 0.1) is 4.90 Å². The molecule has 1 aromatic heterocycles. The van der Waals surface area contributed by atoms with Crippen LogP contribution in [0.4, 0.5) is 16.2 Å². The van der Waals surface area contributed by atoms with Crippen LogP contribution in [0.2, 0.25) is 0 Å². The minimum Gasteiger partial charge on any atom is -0.465 e. The predicted octanol–water partition coefficient (Wildman–Crippen LogP) is 4.41. The summed E-state index contributed by atoms with van der Waals surface area (Å²) in [5.74, 6) is -0.280. The Morgan fingerprint density at radius 2 is 1.74 bits per heavy atom. The molecule has 0 radical (unpaired) electrons. The molecule has 1 aliphatic heterocycles. The number of benzene rings is 2. The normalized spacial score (nSPS) is 15.7. The fourth-order valence-corrected chi connectivity index (χ4v) is 5.77. The minimum atomic E-state index is -3.54. The molecule has 1 saturated heterocycles. The van der Waals surface area contributed by atoms with Crippen LogP contribution in [0.25, 0.3) is 10.9 Å². The zero-order valence-electron chi connectivity index (χ0n) is 19.1. The molecule has 1 unspecified atom stereocenters. The van der Waals surface area contributed by atoms with E-state index in [1.54, 1.807) is 64.5 Å². The Morgan fingerprint density at radius 1 is 1.00 bits per heavy atom. The molecular formula is C24H28N4O5S. The van der Waals surface area contributed by atoms with Crippen molar-refractivity contribution >= 4 is 44.3 Å². The van der Waals surface area contributed by atoms with Gasteiger partial charge in [-0.3, -0.25) is 10.1 Å². The van der Waals surface area contributed by atoms with E-state index in [1.165, 1.54) is 0 Å². The van der Waals surface area contributed by atoms with Crippen LogP contribution in [-0.4, -0.2) is 47.5 Å². The smallest absolute Gasteiger partial charge is 0.409 e. The molecule has 1 aliphatic rings. The third-order valence-electron chi connectivity index (χ3n) is 6.19. The number of fused-ring (bicyclic) bond motifs is 1. The van der Waals surface area contributed by atoms with Crippen molar-refractivity contribution in [3.8, 4) is 0 Å². The van der Waals surface area contributed by atoms with Gasteiger partial charge in [-0.2, -0.15) is 4.31 Å². The highest BCUT2D eigenvalue weighted by atomic mass is 32.2. The van der Waals surface area contributed by atoms with Crippen LogP contribution in [-0.2, 0) is 14.8 Å². The summed E-state index contributed by atoms with van der Waals surface area (Å²) in [4.78, 5) is 24.2. The first-order chi connectivity index (χ1) is 16.2. The second kappa shape index (κ2) is 9.47. The summed E-state index contributed by atoms with van der Waals surface area (Å²) >= 11 is 0. The maximum atomic E-state index is 13.0. The van der Waals surface area contributed by atoms with Gasteiger partial charge in [0.25, 0.3) is 0 Å². The van der Waals surface area contributed by atoms with Gasteiger partial charge < -0.3 is 15.0 Å².